The fourth-order valence-corrected chi connectivity index (χ4v) is 3.55. The number of hydrogen-bond acceptors (Lipinski definition) is 3. The molecule has 0 saturated carbocycles. The van der Waals surface area contributed by atoms with Crippen molar-refractivity contribution in [1.29, 1.82) is 0 Å². The topological polar surface area (TPSA) is 70.5 Å². The van der Waals surface area contributed by atoms with Gasteiger partial charge in [-0.3, -0.25) is 0 Å². The van der Waals surface area contributed by atoms with Crippen LogP contribution in [0.2, 0.25) is 0 Å². The van der Waals surface area contributed by atoms with Crippen LogP contribution in [0, 0.1) is 0 Å². The van der Waals surface area contributed by atoms with Crippen LogP contribution in [-0.4, -0.2) is 19.9 Å². The van der Waals surface area contributed by atoms with E-state index in [0.29, 0.717) is 0 Å². The Bertz CT molecular complexity index is 1400. The molecule has 0 unspecified atom stereocenters. The summed E-state index contributed by atoms with van der Waals surface area (Å²) in [6.07, 6.45) is 8.00. The first-order chi connectivity index (χ1) is 14.3. The highest BCUT2D eigenvalue weighted by Crippen LogP contribution is 2.20. The van der Waals surface area contributed by atoms with E-state index in [9.17, 15) is 0 Å². The van der Waals surface area contributed by atoms with Gasteiger partial charge in [0.15, 0.2) is 0 Å². The average Bonchev–Trinajstić information content (AvgIpc) is 3.50. The monoisotopic (exact) mass is 376 g/mol. The summed E-state index contributed by atoms with van der Waals surface area (Å²) in [5.41, 5.74) is 9.03. The molecule has 0 saturated heterocycles. The molecule has 0 spiro atoms. The van der Waals surface area contributed by atoms with Crippen LogP contribution in [0.4, 0.5) is 0 Å². The van der Waals surface area contributed by atoms with Gasteiger partial charge in [0.1, 0.15) is 11.2 Å². The Kier molecular flexibility index (Phi) is 3.40. The highest BCUT2D eigenvalue weighted by molar-refractivity contribution is 5.81. The van der Waals surface area contributed by atoms with Gasteiger partial charge in [-0.05, 0) is 72.8 Å². The van der Waals surface area contributed by atoms with Crippen molar-refractivity contribution in [2.45, 2.75) is 0 Å². The van der Waals surface area contributed by atoms with Crippen LogP contribution in [0.5, 0.6) is 0 Å². The number of nitrogens with one attached hydrogen (secondary N) is 2. The van der Waals surface area contributed by atoms with Crippen LogP contribution in [0.25, 0.3) is 57.5 Å². The van der Waals surface area contributed by atoms with E-state index in [2.05, 4.69) is 9.97 Å². The lowest BCUT2D eigenvalue weighted by atomic mass is 10.3. The highest BCUT2D eigenvalue weighted by atomic mass is 16.3. The molecule has 6 heterocycles. The zero-order valence-corrected chi connectivity index (χ0v) is 15.4. The molecule has 0 atom stereocenters. The van der Waals surface area contributed by atoms with Gasteiger partial charge in [0.25, 0.3) is 0 Å². The van der Waals surface area contributed by atoms with Gasteiger partial charge in [0.2, 0.25) is 0 Å². The third-order valence-electron chi connectivity index (χ3n) is 4.90. The largest absolute Gasteiger partial charge is 0.457 e. The van der Waals surface area contributed by atoms with Crippen molar-refractivity contribution >= 4 is 57.5 Å². The van der Waals surface area contributed by atoms with Gasteiger partial charge in [0, 0.05) is 34.2 Å². The number of aromatic amines is 2. The van der Waals surface area contributed by atoms with Crippen LogP contribution < -0.4 is 0 Å². The number of furan rings is 1. The Balaban J connectivity index is 1.66. The Morgan fingerprint density at radius 1 is 0.517 bits per heavy atom. The van der Waals surface area contributed by atoms with Gasteiger partial charge in [0.05, 0.1) is 22.8 Å². The molecule has 5 nitrogen and oxygen atoms in total. The predicted molar refractivity (Wildman–Crippen MR) is 117 cm³/mol. The Labute approximate surface area is 165 Å². The van der Waals surface area contributed by atoms with Crippen LogP contribution in [0.15, 0.2) is 65.1 Å². The first-order valence-electron chi connectivity index (χ1n) is 9.42. The molecule has 0 aromatic carbocycles. The molecular formula is C24H16N4O. The minimum atomic E-state index is 0.794. The first-order valence-corrected chi connectivity index (χ1v) is 9.42. The fourth-order valence-electron chi connectivity index (χ4n) is 3.55. The summed E-state index contributed by atoms with van der Waals surface area (Å²) in [4.78, 5) is 16.2. The molecule has 6 rings (SSSR count). The number of hydrogen-bond donors (Lipinski definition) is 2. The van der Waals surface area contributed by atoms with Gasteiger partial charge >= 0.3 is 0 Å². The van der Waals surface area contributed by atoms with Gasteiger partial charge in [-0.2, -0.15) is 0 Å². The zero-order chi connectivity index (χ0) is 19.2. The summed E-state index contributed by atoms with van der Waals surface area (Å²) in [6.45, 7) is 0. The van der Waals surface area contributed by atoms with Crippen LogP contribution in [0.3, 0.4) is 0 Å². The molecule has 0 aliphatic carbocycles. The standard InChI is InChI=1S/C24H16N4O/c1-3-19-13-21-7-8-22(29-21)14-20-4-2-16(26-20)12-18-6-10-24(28-18)23-9-5-17(27-23)11-15(1)25-19/h1-14,25-26H. The van der Waals surface area contributed by atoms with E-state index in [4.69, 9.17) is 14.4 Å². The molecule has 4 aromatic rings. The van der Waals surface area contributed by atoms with Crippen molar-refractivity contribution < 1.29 is 4.42 Å². The maximum atomic E-state index is 5.93. The quantitative estimate of drug-likeness (QED) is 0.343. The van der Waals surface area contributed by atoms with E-state index < -0.39 is 0 Å². The molecule has 10 bridgehead atoms. The summed E-state index contributed by atoms with van der Waals surface area (Å²) in [6, 6.07) is 20.0. The average molecular weight is 376 g/mol. The Morgan fingerprint density at radius 2 is 0.966 bits per heavy atom. The number of H-pyrrole nitrogens is 2. The Morgan fingerprint density at radius 3 is 1.45 bits per heavy atom. The lowest BCUT2D eigenvalue weighted by Crippen LogP contribution is -1.81. The Hall–Kier alpha value is -4.12. The van der Waals surface area contributed by atoms with Crippen LogP contribution in [0.1, 0.15) is 22.8 Å². The minimum Gasteiger partial charge on any atom is -0.457 e. The number of rotatable bonds is 0. The third kappa shape index (κ3) is 3.08. The number of aromatic nitrogens is 4. The molecule has 0 radical (unpaired) electrons. The minimum absolute atomic E-state index is 0.794. The van der Waals surface area contributed by atoms with Gasteiger partial charge in [-0.15, -0.1) is 0 Å². The summed E-state index contributed by atoms with van der Waals surface area (Å²) in [5, 5.41) is 0. The molecule has 0 fully saturated rings. The van der Waals surface area contributed by atoms with E-state index in [-0.39, 0.29) is 0 Å². The number of nitrogens with zero attached hydrogens (tertiary/aromatic N) is 2. The van der Waals surface area contributed by atoms with Gasteiger partial charge in [-0.1, -0.05) is 0 Å². The first kappa shape index (κ1) is 15.9. The van der Waals surface area contributed by atoms with Crippen molar-refractivity contribution in [3.8, 4) is 0 Å². The van der Waals surface area contributed by atoms with Crippen LogP contribution in [-0.2, 0) is 0 Å². The van der Waals surface area contributed by atoms with Crippen LogP contribution >= 0.6 is 0 Å². The SMILES string of the molecule is C1=Cc2nc1cc1ccc(cc3ccc(cc4ccc(cc5nc2C=C5)[nH]4)o3)[nH]1. The van der Waals surface area contributed by atoms with Gasteiger partial charge in [-0.25, -0.2) is 9.97 Å². The summed E-state index contributed by atoms with van der Waals surface area (Å²) >= 11 is 0. The lowest BCUT2D eigenvalue weighted by molar-refractivity contribution is 0.666. The van der Waals surface area contributed by atoms with E-state index in [1.54, 1.807) is 0 Å². The fraction of sp³-hybridized carbons (Fsp3) is 0. The van der Waals surface area contributed by atoms with Crippen molar-refractivity contribution in [2.24, 2.45) is 0 Å². The smallest absolute Gasteiger partial charge is 0.129 e. The third-order valence-corrected chi connectivity index (χ3v) is 4.90. The molecular weight excluding hydrogens is 360 g/mol. The molecule has 2 aliphatic rings. The van der Waals surface area contributed by atoms with E-state index in [1.807, 2.05) is 85.0 Å². The maximum Gasteiger partial charge on any atom is 0.129 e. The van der Waals surface area contributed by atoms with Crippen molar-refractivity contribution in [2.75, 3.05) is 0 Å². The van der Waals surface area contributed by atoms with Gasteiger partial charge < -0.3 is 14.4 Å². The van der Waals surface area contributed by atoms with Crippen molar-refractivity contribution in [3.05, 3.63) is 83.4 Å². The zero-order valence-electron chi connectivity index (χ0n) is 15.4. The maximum absolute atomic E-state index is 5.93. The molecule has 0 amide bonds. The molecule has 29 heavy (non-hydrogen) atoms. The second-order valence-electron chi connectivity index (χ2n) is 7.07. The lowest BCUT2D eigenvalue weighted by Gasteiger charge is -1.87. The molecule has 138 valence electrons. The van der Waals surface area contributed by atoms with E-state index in [1.165, 1.54) is 0 Å². The summed E-state index contributed by atoms with van der Waals surface area (Å²) in [5.74, 6) is 0. The van der Waals surface area contributed by atoms with E-state index >= 15 is 0 Å². The predicted octanol–water partition coefficient (Wildman–Crippen LogP) is 5.96. The normalized spacial score (nSPS) is 12.6. The molecule has 2 aliphatic heterocycles. The van der Waals surface area contributed by atoms with Crippen molar-refractivity contribution in [1.82, 2.24) is 19.9 Å². The molecule has 2 N–H and O–H groups in total. The van der Waals surface area contributed by atoms with Crippen molar-refractivity contribution in [3.63, 3.8) is 0 Å². The molecule has 4 aromatic heterocycles. The number of fused-ring (bicyclic) bond motifs is 11. The highest BCUT2D eigenvalue weighted by Gasteiger charge is 2.07. The summed E-state index contributed by atoms with van der Waals surface area (Å²) in [7, 11) is 0. The molecule has 5 heteroatoms. The second kappa shape index (κ2) is 6.21. The van der Waals surface area contributed by atoms with E-state index in [0.717, 1.165) is 56.0 Å². The second-order valence-corrected chi connectivity index (χ2v) is 7.07. The summed E-state index contributed by atoms with van der Waals surface area (Å²) < 4.78 is 5.93.